The summed E-state index contributed by atoms with van der Waals surface area (Å²) in [5.41, 5.74) is 14.2. The van der Waals surface area contributed by atoms with Crippen molar-refractivity contribution < 1.29 is 4.74 Å². The van der Waals surface area contributed by atoms with E-state index in [1.165, 1.54) is 72.0 Å². The molecule has 0 saturated carbocycles. The second-order valence-electron chi connectivity index (χ2n) is 12.6. The van der Waals surface area contributed by atoms with Crippen molar-refractivity contribution in [3.63, 3.8) is 0 Å². The quantitative estimate of drug-likeness (QED) is 0.217. The molecule has 0 N–H and O–H groups in total. The third kappa shape index (κ3) is 4.13. The third-order valence-corrected chi connectivity index (χ3v) is 9.46. The number of rotatable bonds is 5. The predicted molar refractivity (Wildman–Crippen MR) is 175 cm³/mol. The Bertz CT molecular complexity index is 1780. The molecule has 1 heteroatoms. The molecule has 206 valence electrons. The van der Waals surface area contributed by atoms with Gasteiger partial charge in [-0.3, -0.25) is 0 Å². The summed E-state index contributed by atoms with van der Waals surface area (Å²) in [5.74, 6) is 0.937. The Kier molecular flexibility index (Phi) is 6.46. The first-order valence-electron chi connectivity index (χ1n) is 14.7. The molecule has 0 unspecified atom stereocenters. The van der Waals surface area contributed by atoms with E-state index < -0.39 is 0 Å². The van der Waals surface area contributed by atoms with E-state index >= 15 is 0 Å². The zero-order valence-corrected chi connectivity index (χ0v) is 25.6. The predicted octanol–water partition coefficient (Wildman–Crippen LogP) is 10.4. The topological polar surface area (TPSA) is 9.23 Å². The van der Waals surface area contributed by atoms with Gasteiger partial charge in [-0.05, 0) is 113 Å². The largest absolute Gasteiger partial charge is 0.496 e. The molecule has 1 nitrogen and oxygen atoms in total. The van der Waals surface area contributed by atoms with Crippen LogP contribution in [0.3, 0.4) is 0 Å². The average Bonchev–Trinajstić information content (AvgIpc) is 3.20. The molecular formula is C40H40O. The molecule has 0 aliphatic heterocycles. The van der Waals surface area contributed by atoms with Gasteiger partial charge < -0.3 is 4.74 Å². The van der Waals surface area contributed by atoms with E-state index in [4.69, 9.17) is 4.74 Å². The van der Waals surface area contributed by atoms with Crippen LogP contribution in [0, 0.1) is 27.7 Å². The van der Waals surface area contributed by atoms with Gasteiger partial charge in [-0.15, -0.1) is 0 Å². The van der Waals surface area contributed by atoms with E-state index in [-0.39, 0.29) is 10.8 Å². The molecule has 6 rings (SSSR count). The lowest BCUT2D eigenvalue weighted by atomic mass is 9.73. The third-order valence-electron chi connectivity index (χ3n) is 9.46. The lowest BCUT2D eigenvalue weighted by Gasteiger charge is -2.30. The molecule has 41 heavy (non-hydrogen) atoms. The van der Waals surface area contributed by atoms with Crippen LogP contribution >= 0.6 is 0 Å². The van der Waals surface area contributed by atoms with Crippen LogP contribution in [0.2, 0.25) is 0 Å². The number of ether oxygens (including phenoxy) is 1. The van der Waals surface area contributed by atoms with E-state index in [1.54, 1.807) is 7.11 Å². The standard InChI is InChI=1S/C40H40O/c1-25-21-27(3)37-34(22-25)36-33-23-26(2)35(41-8)24-32(33)28(4)31(38(36)39(37,5)6)19-20-40(7,29-15-11-9-12-16-29)30-17-13-10-14-18-30/h9-24H,1-8H3/b20-19-. The molecule has 1 aliphatic rings. The Morgan fingerprint density at radius 3 is 1.90 bits per heavy atom. The maximum Gasteiger partial charge on any atom is 0.122 e. The number of fused-ring (bicyclic) bond motifs is 5. The first kappa shape index (κ1) is 27.1. The van der Waals surface area contributed by atoms with Crippen LogP contribution in [-0.2, 0) is 10.8 Å². The molecule has 0 radical (unpaired) electrons. The molecule has 0 heterocycles. The molecule has 0 fully saturated rings. The van der Waals surface area contributed by atoms with E-state index in [2.05, 4.69) is 146 Å². The molecule has 0 aromatic heterocycles. The summed E-state index contributed by atoms with van der Waals surface area (Å²) in [5, 5.41) is 2.58. The van der Waals surface area contributed by atoms with E-state index in [1.807, 2.05) is 0 Å². The Labute approximate surface area is 245 Å². The molecule has 0 bridgehead atoms. The molecule has 0 spiro atoms. The van der Waals surface area contributed by atoms with Gasteiger partial charge >= 0.3 is 0 Å². The van der Waals surface area contributed by atoms with Gasteiger partial charge in [0.05, 0.1) is 7.11 Å². The first-order chi connectivity index (χ1) is 19.6. The van der Waals surface area contributed by atoms with Gasteiger partial charge in [0, 0.05) is 10.8 Å². The first-order valence-corrected chi connectivity index (χ1v) is 14.7. The van der Waals surface area contributed by atoms with Crippen LogP contribution in [0.1, 0.15) is 70.8 Å². The molecule has 5 aromatic rings. The van der Waals surface area contributed by atoms with Crippen LogP contribution in [0.4, 0.5) is 0 Å². The lowest BCUT2D eigenvalue weighted by molar-refractivity contribution is 0.412. The average molecular weight is 537 g/mol. The zero-order valence-electron chi connectivity index (χ0n) is 25.6. The summed E-state index contributed by atoms with van der Waals surface area (Å²) in [6.07, 6.45) is 4.84. The number of hydrogen-bond donors (Lipinski definition) is 0. The number of hydrogen-bond acceptors (Lipinski definition) is 1. The Hall–Kier alpha value is -4.10. The zero-order chi connectivity index (χ0) is 29.1. The number of allylic oxidation sites excluding steroid dienone is 1. The minimum Gasteiger partial charge on any atom is -0.496 e. The van der Waals surface area contributed by atoms with Crippen molar-refractivity contribution in [1.82, 2.24) is 0 Å². The van der Waals surface area contributed by atoms with Crippen molar-refractivity contribution >= 4 is 16.8 Å². The summed E-state index contributed by atoms with van der Waals surface area (Å²) >= 11 is 0. The highest BCUT2D eigenvalue weighted by molar-refractivity contribution is 6.07. The number of methoxy groups -OCH3 is 1. The Morgan fingerprint density at radius 1 is 0.707 bits per heavy atom. The van der Waals surface area contributed by atoms with E-state index in [9.17, 15) is 0 Å². The number of benzene rings is 5. The van der Waals surface area contributed by atoms with Gasteiger partial charge in [0.2, 0.25) is 0 Å². The Morgan fingerprint density at radius 2 is 1.32 bits per heavy atom. The summed E-state index contributed by atoms with van der Waals surface area (Å²) in [6, 6.07) is 31.1. The summed E-state index contributed by atoms with van der Waals surface area (Å²) in [6.45, 7) is 16.1. The molecule has 0 amide bonds. The maximum absolute atomic E-state index is 5.83. The highest BCUT2D eigenvalue weighted by atomic mass is 16.5. The van der Waals surface area contributed by atoms with Gasteiger partial charge in [-0.1, -0.05) is 104 Å². The van der Waals surface area contributed by atoms with Crippen LogP contribution in [0.25, 0.3) is 28.0 Å². The van der Waals surface area contributed by atoms with Gasteiger partial charge in [-0.2, -0.15) is 0 Å². The summed E-state index contributed by atoms with van der Waals surface area (Å²) in [4.78, 5) is 0. The monoisotopic (exact) mass is 536 g/mol. The minimum atomic E-state index is -0.288. The summed E-state index contributed by atoms with van der Waals surface area (Å²) < 4.78 is 5.83. The fraction of sp³-hybridized carbons (Fsp3) is 0.250. The van der Waals surface area contributed by atoms with Gasteiger partial charge in [0.25, 0.3) is 0 Å². The van der Waals surface area contributed by atoms with Gasteiger partial charge in [0.1, 0.15) is 5.75 Å². The fourth-order valence-electron chi connectivity index (χ4n) is 7.46. The highest BCUT2D eigenvalue weighted by Crippen LogP contribution is 2.56. The smallest absolute Gasteiger partial charge is 0.122 e. The van der Waals surface area contributed by atoms with Crippen LogP contribution < -0.4 is 4.74 Å². The number of aryl methyl sites for hydroxylation is 4. The minimum absolute atomic E-state index is 0.134. The molecule has 0 atom stereocenters. The van der Waals surface area contributed by atoms with E-state index in [0.29, 0.717) is 0 Å². The molecule has 0 saturated heterocycles. The molecular weight excluding hydrogens is 496 g/mol. The summed E-state index contributed by atoms with van der Waals surface area (Å²) in [7, 11) is 1.77. The fourth-order valence-corrected chi connectivity index (χ4v) is 7.46. The maximum atomic E-state index is 5.83. The van der Waals surface area contributed by atoms with Crippen molar-refractivity contribution in [2.75, 3.05) is 7.11 Å². The van der Waals surface area contributed by atoms with Crippen LogP contribution in [-0.4, -0.2) is 7.11 Å². The Balaban J connectivity index is 1.71. The van der Waals surface area contributed by atoms with Crippen molar-refractivity contribution in [3.8, 4) is 16.9 Å². The molecule has 1 aliphatic carbocycles. The second-order valence-corrected chi connectivity index (χ2v) is 12.6. The van der Waals surface area contributed by atoms with Gasteiger partial charge in [0.15, 0.2) is 0 Å². The lowest BCUT2D eigenvalue weighted by Crippen LogP contribution is -2.21. The highest BCUT2D eigenvalue weighted by Gasteiger charge is 2.40. The van der Waals surface area contributed by atoms with Gasteiger partial charge in [-0.25, -0.2) is 0 Å². The van der Waals surface area contributed by atoms with E-state index in [0.717, 1.165) is 5.75 Å². The van der Waals surface area contributed by atoms with Crippen LogP contribution in [0.15, 0.2) is 91.0 Å². The second kappa shape index (κ2) is 9.77. The SMILES string of the molecule is COc1cc2c(C)c(/C=C\C(C)(c3ccccc3)c3ccccc3)c3c(c2cc1C)-c1cc(C)cc(C)c1C3(C)C. The van der Waals surface area contributed by atoms with Crippen LogP contribution in [0.5, 0.6) is 5.75 Å². The van der Waals surface area contributed by atoms with Crippen molar-refractivity contribution in [2.24, 2.45) is 0 Å². The molecule has 5 aromatic carbocycles. The van der Waals surface area contributed by atoms with Crippen molar-refractivity contribution in [3.05, 3.63) is 141 Å². The van der Waals surface area contributed by atoms with Crippen molar-refractivity contribution in [2.45, 2.75) is 59.3 Å². The normalized spacial score (nSPS) is 14.0. The van der Waals surface area contributed by atoms with Crippen molar-refractivity contribution in [1.29, 1.82) is 0 Å².